The van der Waals surface area contributed by atoms with E-state index < -0.39 is 52.4 Å². The number of esters is 1. The van der Waals surface area contributed by atoms with Crippen LogP contribution in [-0.2, 0) is 39.9 Å². The minimum absolute atomic E-state index is 0.159. The lowest BCUT2D eigenvalue weighted by molar-refractivity contribution is -0.150. The molecular weight excluding hydrogens is 895 g/mol. The van der Waals surface area contributed by atoms with Gasteiger partial charge in [-0.15, -0.1) is 11.8 Å². The Morgan fingerprint density at radius 3 is 1.62 bits per heavy atom. The van der Waals surface area contributed by atoms with Crippen molar-refractivity contribution in [1.82, 2.24) is 15.2 Å². The second-order valence-electron chi connectivity index (χ2n) is 16.4. The van der Waals surface area contributed by atoms with Crippen molar-refractivity contribution in [2.24, 2.45) is 5.16 Å². The molecule has 0 unspecified atom stereocenters. The number of cyclic esters (lactones) is 1. The number of rotatable bonds is 15. The molecule has 1 aromatic heterocycles. The molecule has 4 heterocycles. The molecule has 2 fully saturated rings. The number of ether oxygens (including phenoxy) is 1. The number of aliphatic carboxylic acids is 1. The Labute approximate surface area is 400 Å². The first-order valence-electron chi connectivity index (χ1n) is 22.0. The highest BCUT2D eigenvalue weighted by Gasteiger charge is 2.56. The van der Waals surface area contributed by atoms with E-state index in [-0.39, 0.29) is 23.6 Å². The first-order chi connectivity index (χ1) is 33.3. The Morgan fingerprint density at radius 2 is 1.18 bits per heavy atom. The SMILES string of the molecule is O=C1CC[C@@H](C2=C(C(=O)O)N3C(=O)[C@@H](NC(=O)/C(=N/OC(c4ccccc4)(c4ccccc4)c4ccccc4)c4cnc(NC(c5ccccc5)(c5ccccc5)c5ccccc5)s4)[C@H]3SC2)O1. The molecule has 3 atom stereocenters. The number of carbonyl (C=O) groups excluding carboxylic acids is 3. The molecule has 2 saturated heterocycles. The second kappa shape index (κ2) is 18.8. The summed E-state index contributed by atoms with van der Waals surface area (Å²) in [6.07, 6.45) is 1.30. The molecule has 10 rings (SSSR count). The van der Waals surface area contributed by atoms with Gasteiger partial charge in [-0.1, -0.05) is 198 Å². The molecule has 14 heteroatoms. The number of aromatic nitrogens is 1. The average Bonchev–Trinajstić information content (AvgIpc) is 4.05. The van der Waals surface area contributed by atoms with Gasteiger partial charge in [-0.3, -0.25) is 19.3 Å². The van der Waals surface area contributed by atoms with Gasteiger partial charge in [-0.2, -0.15) is 0 Å². The van der Waals surface area contributed by atoms with Crippen molar-refractivity contribution in [2.75, 3.05) is 11.1 Å². The number of β-lactam (4-membered cyclic amide) rings is 1. The molecule has 3 aliphatic rings. The van der Waals surface area contributed by atoms with Crippen LogP contribution in [0, 0.1) is 0 Å². The number of amides is 2. The highest BCUT2D eigenvalue weighted by Crippen LogP contribution is 2.45. The van der Waals surface area contributed by atoms with Gasteiger partial charge in [-0.25, -0.2) is 9.78 Å². The zero-order valence-corrected chi connectivity index (χ0v) is 37.9. The molecule has 338 valence electrons. The van der Waals surface area contributed by atoms with Crippen molar-refractivity contribution >= 4 is 57.7 Å². The van der Waals surface area contributed by atoms with E-state index in [1.165, 1.54) is 28.0 Å². The predicted molar refractivity (Wildman–Crippen MR) is 261 cm³/mol. The Bertz CT molecular complexity index is 2840. The average molecular weight is 938 g/mol. The van der Waals surface area contributed by atoms with Crippen LogP contribution >= 0.6 is 23.1 Å². The molecular formula is C54H43N5O7S2. The lowest BCUT2D eigenvalue weighted by Gasteiger charge is -2.49. The van der Waals surface area contributed by atoms with E-state index in [4.69, 9.17) is 19.7 Å². The fourth-order valence-corrected chi connectivity index (χ4v) is 11.5. The van der Waals surface area contributed by atoms with E-state index in [2.05, 4.69) is 47.0 Å². The Morgan fingerprint density at radius 1 is 0.706 bits per heavy atom. The van der Waals surface area contributed by atoms with Gasteiger partial charge in [0.15, 0.2) is 10.8 Å². The maximum Gasteiger partial charge on any atom is 0.352 e. The first-order valence-corrected chi connectivity index (χ1v) is 23.9. The normalized spacial score (nSPS) is 18.3. The van der Waals surface area contributed by atoms with Crippen molar-refractivity contribution in [1.29, 1.82) is 0 Å². The summed E-state index contributed by atoms with van der Waals surface area (Å²) >= 11 is 2.48. The maximum absolute atomic E-state index is 15.0. The summed E-state index contributed by atoms with van der Waals surface area (Å²) in [5.41, 5.74) is 2.74. The Kier molecular flexibility index (Phi) is 12.2. The fourth-order valence-electron chi connectivity index (χ4n) is 9.24. The number of fused-ring (bicyclic) bond motifs is 1. The number of carboxylic acids is 1. The third kappa shape index (κ3) is 8.01. The molecule has 0 bridgehead atoms. The van der Waals surface area contributed by atoms with Crippen molar-refractivity contribution in [2.45, 2.75) is 41.5 Å². The molecule has 12 nitrogen and oxygen atoms in total. The maximum atomic E-state index is 15.0. The number of carbonyl (C=O) groups is 4. The predicted octanol–water partition coefficient (Wildman–Crippen LogP) is 8.70. The van der Waals surface area contributed by atoms with E-state index in [0.717, 1.165) is 33.4 Å². The van der Waals surface area contributed by atoms with E-state index in [0.29, 0.717) is 22.0 Å². The molecule has 2 amide bonds. The summed E-state index contributed by atoms with van der Waals surface area (Å²) in [6, 6.07) is 57.9. The van der Waals surface area contributed by atoms with E-state index in [9.17, 15) is 19.5 Å². The smallest absolute Gasteiger partial charge is 0.352 e. The molecule has 68 heavy (non-hydrogen) atoms. The highest BCUT2D eigenvalue weighted by atomic mass is 32.2. The number of hydrogen-bond donors (Lipinski definition) is 3. The zero-order valence-electron chi connectivity index (χ0n) is 36.3. The van der Waals surface area contributed by atoms with Crippen LogP contribution in [0.4, 0.5) is 5.13 Å². The third-order valence-corrected chi connectivity index (χ3v) is 14.7. The van der Waals surface area contributed by atoms with Gasteiger partial charge in [-0.05, 0) is 23.1 Å². The van der Waals surface area contributed by atoms with Gasteiger partial charge in [0.25, 0.3) is 11.8 Å². The molecule has 0 radical (unpaired) electrons. The van der Waals surface area contributed by atoms with Crippen LogP contribution in [0.2, 0.25) is 0 Å². The lowest BCUT2D eigenvalue weighted by Crippen LogP contribution is -2.71. The quantitative estimate of drug-likeness (QED) is 0.0299. The number of oxime groups is 1. The number of anilines is 1. The number of nitrogens with one attached hydrogen (secondary N) is 2. The van der Waals surface area contributed by atoms with Crippen molar-refractivity contribution in [3.05, 3.63) is 238 Å². The van der Waals surface area contributed by atoms with Crippen molar-refractivity contribution in [3.8, 4) is 0 Å². The van der Waals surface area contributed by atoms with Gasteiger partial charge in [0.2, 0.25) is 5.60 Å². The molecule has 6 aromatic carbocycles. The van der Waals surface area contributed by atoms with Crippen LogP contribution in [0.1, 0.15) is 51.1 Å². The highest BCUT2D eigenvalue weighted by molar-refractivity contribution is 8.00. The lowest BCUT2D eigenvalue weighted by atomic mass is 9.77. The number of benzene rings is 6. The second-order valence-corrected chi connectivity index (χ2v) is 18.5. The van der Waals surface area contributed by atoms with Crippen molar-refractivity contribution < 1.29 is 33.9 Å². The van der Waals surface area contributed by atoms with Crippen LogP contribution < -0.4 is 10.6 Å². The number of carboxylic acid groups (broad SMARTS) is 1. The topological polar surface area (TPSA) is 160 Å². The molecule has 3 aliphatic heterocycles. The van der Waals surface area contributed by atoms with Crippen LogP contribution in [-0.4, -0.2) is 67.7 Å². The van der Waals surface area contributed by atoms with Gasteiger partial charge in [0, 0.05) is 40.6 Å². The number of thioether (sulfide) groups is 1. The van der Waals surface area contributed by atoms with Gasteiger partial charge in [0.05, 0.1) is 4.88 Å². The summed E-state index contributed by atoms with van der Waals surface area (Å²) in [5.74, 6) is -2.90. The standard InChI is InChI=1S/C54H43N5O7S2/c60-44-32-31-42(65-44)41-34-67-50-46(49(62)59(50)47(41)51(63)64)56-48(61)45(58-66-54(38-25-13-4-14-26-38,39-27-15-5-16-28-39)40-29-17-6-18-30-40)43-33-55-52(68-43)57-53(35-19-7-1-8-20-35,36-21-9-2-10-22-36)37-23-11-3-12-24-37/h1-30,33,42,46,50H,31-32,34H2,(H,55,57)(H,56,61)(H,63,64)/b58-45+/t42-,46+,50+/m0/s1. The summed E-state index contributed by atoms with van der Waals surface area (Å²) in [4.78, 5) is 67.1. The van der Waals surface area contributed by atoms with E-state index in [1.807, 2.05) is 146 Å². The summed E-state index contributed by atoms with van der Waals surface area (Å²) < 4.78 is 5.43. The number of nitrogens with zero attached hydrogens (tertiary/aromatic N) is 3. The molecule has 0 saturated carbocycles. The van der Waals surface area contributed by atoms with Crippen LogP contribution in [0.25, 0.3) is 0 Å². The van der Waals surface area contributed by atoms with Gasteiger partial charge < -0.3 is 25.3 Å². The van der Waals surface area contributed by atoms with Crippen molar-refractivity contribution in [3.63, 3.8) is 0 Å². The Hall–Kier alpha value is -7.81. The summed E-state index contributed by atoms with van der Waals surface area (Å²) in [7, 11) is 0. The summed E-state index contributed by atoms with van der Waals surface area (Å²) in [5, 5.41) is 21.6. The van der Waals surface area contributed by atoms with Gasteiger partial charge >= 0.3 is 11.9 Å². The number of thiazole rings is 1. The molecule has 0 spiro atoms. The number of hydrogen-bond acceptors (Lipinski definition) is 11. The molecule has 0 aliphatic carbocycles. The van der Waals surface area contributed by atoms with Crippen LogP contribution in [0.15, 0.2) is 205 Å². The van der Waals surface area contributed by atoms with E-state index in [1.54, 1.807) is 6.20 Å². The van der Waals surface area contributed by atoms with Crippen LogP contribution in [0.5, 0.6) is 0 Å². The molecule has 7 aromatic rings. The minimum atomic E-state index is -1.37. The zero-order chi connectivity index (χ0) is 46.7. The molecule has 3 N–H and O–H groups in total. The largest absolute Gasteiger partial charge is 0.477 e. The van der Waals surface area contributed by atoms with E-state index >= 15 is 4.79 Å². The summed E-state index contributed by atoms with van der Waals surface area (Å²) in [6.45, 7) is 0. The van der Waals surface area contributed by atoms with Gasteiger partial charge in [0.1, 0.15) is 28.8 Å². The Balaban J connectivity index is 1.08. The third-order valence-electron chi connectivity index (χ3n) is 12.4. The minimum Gasteiger partial charge on any atom is -0.477 e. The van der Waals surface area contributed by atoms with Crippen LogP contribution in [0.3, 0.4) is 0 Å². The first kappa shape index (κ1) is 44.0. The fraction of sp³-hybridized carbons (Fsp3) is 0.148. The monoisotopic (exact) mass is 937 g/mol.